The fraction of sp³-hybridized carbons (Fsp3) is 0.250. The summed E-state index contributed by atoms with van der Waals surface area (Å²) < 4.78 is 0. The van der Waals surface area contributed by atoms with Crippen LogP contribution >= 0.6 is 11.8 Å². The number of carbonyl (C=O) groups is 3. The van der Waals surface area contributed by atoms with Crippen molar-refractivity contribution in [1.29, 1.82) is 0 Å². The van der Waals surface area contributed by atoms with Gasteiger partial charge in [-0.2, -0.15) is 0 Å². The van der Waals surface area contributed by atoms with E-state index in [-0.39, 0.29) is 12.2 Å². The Kier molecular flexibility index (Phi) is 3.66. The second kappa shape index (κ2) is 5.22. The summed E-state index contributed by atoms with van der Waals surface area (Å²) in [7, 11) is 1.56. The number of anilines is 1. The fourth-order valence-corrected chi connectivity index (χ4v) is 2.46. The van der Waals surface area contributed by atoms with Gasteiger partial charge in [-0.25, -0.2) is 0 Å². The van der Waals surface area contributed by atoms with E-state index in [9.17, 15) is 14.4 Å². The second-order valence-corrected chi connectivity index (χ2v) is 5.00. The van der Waals surface area contributed by atoms with Gasteiger partial charge in [0, 0.05) is 18.5 Å². The van der Waals surface area contributed by atoms with Crippen molar-refractivity contribution in [3.8, 4) is 0 Å². The molecule has 6 heteroatoms. The lowest BCUT2D eigenvalue weighted by molar-refractivity contribution is -0.138. The minimum absolute atomic E-state index is 0.0260. The van der Waals surface area contributed by atoms with E-state index in [4.69, 9.17) is 0 Å². The van der Waals surface area contributed by atoms with Gasteiger partial charge in [-0.15, -0.1) is 11.8 Å². The van der Waals surface area contributed by atoms with E-state index in [1.54, 1.807) is 7.05 Å². The molecule has 1 aromatic rings. The maximum atomic E-state index is 11.3. The van der Waals surface area contributed by atoms with Gasteiger partial charge in [-0.3, -0.25) is 14.4 Å². The normalized spacial score (nSPS) is 13.5. The Labute approximate surface area is 109 Å². The molecular weight excluding hydrogens is 252 g/mol. The van der Waals surface area contributed by atoms with Crippen LogP contribution in [-0.2, 0) is 20.9 Å². The summed E-state index contributed by atoms with van der Waals surface area (Å²) >= 11 is 1.49. The lowest BCUT2D eigenvalue weighted by Crippen LogP contribution is -2.27. The van der Waals surface area contributed by atoms with Crippen molar-refractivity contribution in [3.05, 3.63) is 23.8 Å². The van der Waals surface area contributed by atoms with E-state index in [2.05, 4.69) is 5.32 Å². The number of thioether (sulfide) groups is 1. The first-order valence-corrected chi connectivity index (χ1v) is 6.34. The van der Waals surface area contributed by atoms with Gasteiger partial charge in [0.15, 0.2) is 0 Å². The molecule has 0 atom stereocenters. The quantitative estimate of drug-likeness (QED) is 0.650. The number of hydrogen-bond acceptors (Lipinski definition) is 4. The van der Waals surface area contributed by atoms with Crippen LogP contribution in [0.4, 0.5) is 5.69 Å². The lowest BCUT2D eigenvalue weighted by atomic mass is 10.2. The van der Waals surface area contributed by atoms with E-state index in [0.29, 0.717) is 12.3 Å². The third kappa shape index (κ3) is 2.70. The van der Waals surface area contributed by atoms with Crippen LogP contribution in [0.5, 0.6) is 0 Å². The Balaban J connectivity index is 2.16. The van der Waals surface area contributed by atoms with Gasteiger partial charge < -0.3 is 10.2 Å². The number of hydrogen-bond donors (Lipinski definition) is 1. The zero-order valence-electron chi connectivity index (χ0n) is 9.80. The standard InChI is InChI=1S/C12H12N2O3S/c1-14(12(17)6-15)5-8-2-3-10-9(4-8)13-11(16)7-18-10/h2-4,6H,5,7H2,1H3,(H,13,16). The summed E-state index contributed by atoms with van der Waals surface area (Å²) in [5.74, 6) is -0.163. The molecule has 0 radical (unpaired) electrons. The van der Waals surface area contributed by atoms with Crippen LogP contribution in [0.15, 0.2) is 23.1 Å². The third-order valence-corrected chi connectivity index (χ3v) is 3.65. The Hall–Kier alpha value is -1.82. The summed E-state index contributed by atoms with van der Waals surface area (Å²) in [6.07, 6.45) is 0.288. The van der Waals surface area contributed by atoms with Crippen LogP contribution < -0.4 is 5.32 Å². The van der Waals surface area contributed by atoms with Crippen molar-refractivity contribution in [2.24, 2.45) is 0 Å². The molecule has 5 nitrogen and oxygen atoms in total. The van der Waals surface area contributed by atoms with Crippen molar-refractivity contribution < 1.29 is 14.4 Å². The average Bonchev–Trinajstić information content (AvgIpc) is 2.37. The first-order chi connectivity index (χ1) is 8.60. The molecule has 1 aromatic carbocycles. The molecule has 1 aliphatic rings. The van der Waals surface area contributed by atoms with Crippen LogP contribution in [0.3, 0.4) is 0 Å². The second-order valence-electron chi connectivity index (χ2n) is 3.98. The highest BCUT2D eigenvalue weighted by molar-refractivity contribution is 8.00. The molecule has 94 valence electrons. The molecule has 2 amide bonds. The van der Waals surface area contributed by atoms with Crippen LogP contribution in [0.25, 0.3) is 0 Å². The Morgan fingerprint density at radius 3 is 3.06 bits per heavy atom. The molecule has 0 aliphatic carbocycles. The number of benzene rings is 1. The molecule has 1 heterocycles. The van der Waals surface area contributed by atoms with Gasteiger partial charge >= 0.3 is 0 Å². The molecule has 0 aromatic heterocycles. The third-order valence-electron chi connectivity index (χ3n) is 2.57. The highest BCUT2D eigenvalue weighted by atomic mass is 32.2. The molecule has 0 saturated carbocycles. The van der Waals surface area contributed by atoms with E-state index >= 15 is 0 Å². The minimum Gasteiger partial charge on any atom is -0.335 e. The topological polar surface area (TPSA) is 66.5 Å². The van der Waals surface area contributed by atoms with Crippen LogP contribution in [0.1, 0.15) is 5.56 Å². The average molecular weight is 264 g/mol. The van der Waals surface area contributed by atoms with Crippen LogP contribution in [-0.4, -0.2) is 35.8 Å². The SMILES string of the molecule is CN(Cc1ccc2c(c1)NC(=O)CS2)C(=O)C=O. The fourth-order valence-electron chi connectivity index (χ4n) is 1.67. The summed E-state index contributed by atoms with van der Waals surface area (Å²) in [6, 6.07) is 5.62. The van der Waals surface area contributed by atoms with Crippen molar-refractivity contribution in [3.63, 3.8) is 0 Å². The van der Waals surface area contributed by atoms with Crippen molar-refractivity contribution in [2.75, 3.05) is 18.1 Å². The molecule has 0 bridgehead atoms. The summed E-state index contributed by atoms with van der Waals surface area (Å²) in [5, 5.41) is 2.78. The number of rotatable bonds is 3. The minimum atomic E-state index is -0.564. The highest BCUT2D eigenvalue weighted by Crippen LogP contribution is 2.32. The Morgan fingerprint density at radius 2 is 2.33 bits per heavy atom. The first-order valence-electron chi connectivity index (χ1n) is 5.36. The van der Waals surface area contributed by atoms with Crippen molar-refractivity contribution in [1.82, 2.24) is 4.90 Å². The number of nitrogens with zero attached hydrogens (tertiary/aromatic N) is 1. The predicted octanol–water partition coefficient (Wildman–Crippen LogP) is 0.888. The van der Waals surface area contributed by atoms with Gasteiger partial charge in [0.1, 0.15) is 0 Å². The van der Waals surface area contributed by atoms with E-state index in [1.165, 1.54) is 16.7 Å². The molecule has 2 rings (SSSR count). The highest BCUT2D eigenvalue weighted by Gasteiger charge is 2.16. The van der Waals surface area contributed by atoms with Crippen LogP contribution in [0.2, 0.25) is 0 Å². The van der Waals surface area contributed by atoms with Gasteiger partial charge in [0.05, 0.1) is 11.4 Å². The molecule has 0 fully saturated rings. The molecule has 0 saturated heterocycles. The predicted molar refractivity (Wildman–Crippen MR) is 68.3 cm³/mol. The smallest absolute Gasteiger partial charge is 0.286 e. The zero-order valence-corrected chi connectivity index (χ0v) is 10.6. The van der Waals surface area contributed by atoms with E-state index in [0.717, 1.165) is 16.1 Å². The summed E-state index contributed by atoms with van der Waals surface area (Å²) in [4.78, 5) is 35.1. The van der Waals surface area contributed by atoms with Crippen molar-refractivity contribution in [2.45, 2.75) is 11.4 Å². The van der Waals surface area contributed by atoms with E-state index in [1.807, 2.05) is 18.2 Å². The van der Waals surface area contributed by atoms with E-state index < -0.39 is 5.91 Å². The van der Waals surface area contributed by atoms with Gasteiger partial charge in [0.25, 0.3) is 5.91 Å². The number of nitrogens with one attached hydrogen (secondary N) is 1. The number of likely N-dealkylation sites (N-methyl/N-ethyl adjacent to an activating group) is 1. The zero-order chi connectivity index (χ0) is 13.1. The number of fused-ring (bicyclic) bond motifs is 1. The maximum absolute atomic E-state index is 11.3. The van der Waals surface area contributed by atoms with Crippen LogP contribution in [0, 0.1) is 0 Å². The monoisotopic (exact) mass is 264 g/mol. The van der Waals surface area contributed by atoms with Gasteiger partial charge in [0.2, 0.25) is 12.2 Å². The van der Waals surface area contributed by atoms with Crippen molar-refractivity contribution >= 4 is 35.5 Å². The first kappa shape index (κ1) is 12.6. The molecule has 1 N–H and O–H groups in total. The molecule has 0 spiro atoms. The van der Waals surface area contributed by atoms with Gasteiger partial charge in [-0.05, 0) is 17.7 Å². The lowest BCUT2D eigenvalue weighted by Gasteiger charge is -2.19. The summed E-state index contributed by atoms with van der Waals surface area (Å²) in [6.45, 7) is 0.339. The summed E-state index contributed by atoms with van der Waals surface area (Å²) in [5.41, 5.74) is 1.63. The molecular formula is C12H12N2O3S. The molecule has 18 heavy (non-hydrogen) atoms. The number of aldehydes is 1. The molecule has 1 aliphatic heterocycles. The molecule has 0 unspecified atom stereocenters. The van der Waals surface area contributed by atoms with Gasteiger partial charge in [-0.1, -0.05) is 6.07 Å². The Bertz CT molecular complexity index is 516. The number of amides is 2. The number of carbonyl (C=O) groups excluding carboxylic acids is 3. The maximum Gasteiger partial charge on any atom is 0.286 e. The largest absolute Gasteiger partial charge is 0.335 e. The Morgan fingerprint density at radius 1 is 1.56 bits per heavy atom.